The molecule has 0 spiro atoms. The number of likely N-dealkylation sites (N-methyl/N-ethyl adjacent to an activating group) is 1. The standard InChI is InChI=1S/C15H20N4O2/c1-11(16-2)15(20)17-9-8-14-18-13(19-21-14)10-12-6-4-3-5-7-12/h3-7,11,16H,8-10H2,1-2H3,(H,17,20)/t11-/m0/s1. The Morgan fingerprint density at radius 1 is 1.33 bits per heavy atom. The number of carbonyl (C=O) groups is 1. The van der Waals surface area contributed by atoms with E-state index in [9.17, 15) is 4.79 Å². The van der Waals surface area contributed by atoms with Crippen LogP contribution in [-0.4, -0.2) is 35.7 Å². The number of nitrogens with zero attached hydrogens (tertiary/aromatic N) is 2. The summed E-state index contributed by atoms with van der Waals surface area (Å²) in [7, 11) is 1.75. The molecule has 2 rings (SSSR count). The number of rotatable bonds is 7. The second-order valence-electron chi connectivity index (χ2n) is 4.82. The van der Waals surface area contributed by atoms with Crippen LogP contribution >= 0.6 is 0 Å². The monoisotopic (exact) mass is 288 g/mol. The Morgan fingerprint density at radius 3 is 2.81 bits per heavy atom. The van der Waals surface area contributed by atoms with E-state index < -0.39 is 0 Å². The highest BCUT2D eigenvalue weighted by Gasteiger charge is 2.11. The highest BCUT2D eigenvalue weighted by atomic mass is 16.5. The van der Waals surface area contributed by atoms with E-state index in [1.165, 1.54) is 0 Å². The summed E-state index contributed by atoms with van der Waals surface area (Å²) in [5.41, 5.74) is 1.14. The van der Waals surface area contributed by atoms with Crippen molar-refractivity contribution in [1.29, 1.82) is 0 Å². The highest BCUT2D eigenvalue weighted by molar-refractivity contribution is 5.81. The molecule has 0 aliphatic rings. The molecule has 21 heavy (non-hydrogen) atoms. The van der Waals surface area contributed by atoms with Crippen molar-refractivity contribution in [3.05, 3.63) is 47.6 Å². The fourth-order valence-corrected chi connectivity index (χ4v) is 1.82. The zero-order valence-electron chi connectivity index (χ0n) is 12.3. The van der Waals surface area contributed by atoms with E-state index in [4.69, 9.17) is 4.52 Å². The zero-order chi connectivity index (χ0) is 15.1. The molecule has 0 fully saturated rings. The lowest BCUT2D eigenvalue weighted by atomic mass is 10.1. The Kier molecular flexibility index (Phi) is 5.45. The summed E-state index contributed by atoms with van der Waals surface area (Å²) < 4.78 is 5.18. The maximum atomic E-state index is 11.6. The van der Waals surface area contributed by atoms with E-state index in [1.54, 1.807) is 14.0 Å². The molecule has 1 heterocycles. The molecular formula is C15H20N4O2. The molecule has 0 bridgehead atoms. The van der Waals surface area contributed by atoms with Crippen LogP contribution in [-0.2, 0) is 17.6 Å². The van der Waals surface area contributed by atoms with Gasteiger partial charge in [-0.3, -0.25) is 4.79 Å². The smallest absolute Gasteiger partial charge is 0.236 e. The molecule has 0 aliphatic heterocycles. The highest BCUT2D eigenvalue weighted by Crippen LogP contribution is 2.06. The maximum absolute atomic E-state index is 11.6. The minimum absolute atomic E-state index is 0.0403. The van der Waals surface area contributed by atoms with Gasteiger partial charge in [0.25, 0.3) is 0 Å². The van der Waals surface area contributed by atoms with Crippen molar-refractivity contribution in [2.24, 2.45) is 0 Å². The lowest BCUT2D eigenvalue weighted by molar-refractivity contribution is -0.122. The van der Waals surface area contributed by atoms with Crippen LogP contribution in [0, 0.1) is 0 Å². The van der Waals surface area contributed by atoms with Gasteiger partial charge in [0, 0.05) is 19.4 Å². The van der Waals surface area contributed by atoms with Crippen LogP contribution in [0.5, 0.6) is 0 Å². The summed E-state index contributed by atoms with van der Waals surface area (Å²) in [5.74, 6) is 1.16. The van der Waals surface area contributed by atoms with Gasteiger partial charge in [-0.05, 0) is 19.5 Å². The van der Waals surface area contributed by atoms with Crippen molar-refractivity contribution < 1.29 is 9.32 Å². The number of hydrogen-bond donors (Lipinski definition) is 2. The van der Waals surface area contributed by atoms with Gasteiger partial charge < -0.3 is 15.2 Å². The second-order valence-corrected chi connectivity index (χ2v) is 4.82. The molecule has 2 N–H and O–H groups in total. The van der Waals surface area contributed by atoms with E-state index in [-0.39, 0.29) is 11.9 Å². The van der Waals surface area contributed by atoms with Crippen LogP contribution in [0.15, 0.2) is 34.9 Å². The Morgan fingerprint density at radius 2 is 2.10 bits per heavy atom. The van der Waals surface area contributed by atoms with E-state index >= 15 is 0 Å². The van der Waals surface area contributed by atoms with Crippen molar-refractivity contribution in [2.75, 3.05) is 13.6 Å². The first-order valence-corrected chi connectivity index (χ1v) is 6.99. The van der Waals surface area contributed by atoms with E-state index in [0.29, 0.717) is 31.1 Å². The lowest BCUT2D eigenvalue weighted by Gasteiger charge is -2.09. The number of amides is 1. The van der Waals surface area contributed by atoms with Crippen LogP contribution in [0.2, 0.25) is 0 Å². The number of benzene rings is 1. The topological polar surface area (TPSA) is 80.0 Å². The van der Waals surface area contributed by atoms with Crippen LogP contribution in [0.4, 0.5) is 0 Å². The molecule has 1 aromatic heterocycles. The SMILES string of the molecule is CN[C@@H](C)C(=O)NCCc1nc(Cc2ccccc2)no1. The minimum Gasteiger partial charge on any atom is -0.354 e. The molecule has 112 valence electrons. The molecule has 0 saturated heterocycles. The van der Waals surface area contributed by atoms with E-state index in [2.05, 4.69) is 20.8 Å². The van der Waals surface area contributed by atoms with Crippen LogP contribution in [0.3, 0.4) is 0 Å². The summed E-state index contributed by atoms with van der Waals surface area (Å²) in [6, 6.07) is 9.77. The molecular weight excluding hydrogens is 268 g/mol. The van der Waals surface area contributed by atoms with Crippen LogP contribution in [0.25, 0.3) is 0 Å². The predicted molar refractivity (Wildman–Crippen MR) is 78.8 cm³/mol. The molecule has 0 unspecified atom stereocenters. The summed E-state index contributed by atoms with van der Waals surface area (Å²) in [6.07, 6.45) is 1.18. The van der Waals surface area contributed by atoms with Crippen molar-refractivity contribution in [1.82, 2.24) is 20.8 Å². The zero-order valence-corrected chi connectivity index (χ0v) is 12.3. The molecule has 1 aromatic carbocycles. The summed E-state index contributed by atoms with van der Waals surface area (Å²) >= 11 is 0. The van der Waals surface area contributed by atoms with Gasteiger partial charge in [-0.1, -0.05) is 35.5 Å². The largest absolute Gasteiger partial charge is 0.354 e. The fraction of sp³-hybridized carbons (Fsp3) is 0.400. The minimum atomic E-state index is -0.207. The predicted octanol–water partition coefficient (Wildman–Crippen LogP) is 0.927. The van der Waals surface area contributed by atoms with Gasteiger partial charge in [0.2, 0.25) is 11.8 Å². The number of nitrogens with one attached hydrogen (secondary N) is 2. The third kappa shape index (κ3) is 4.68. The van der Waals surface area contributed by atoms with Crippen LogP contribution < -0.4 is 10.6 Å². The molecule has 1 atom stereocenters. The quantitative estimate of drug-likeness (QED) is 0.792. The van der Waals surface area contributed by atoms with Gasteiger partial charge in [0.1, 0.15) is 0 Å². The Hall–Kier alpha value is -2.21. The first-order valence-electron chi connectivity index (χ1n) is 6.99. The molecule has 0 radical (unpaired) electrons. The van der Waals surface area contributed by atoms with Gasteiger partial charge in [-0.15, -0.1) is 0 Å². The van der Waals surface area contributed by atoms with Gasteiger partial charge >= 0.3 is 0 Å². The molecule has 0 saturated carbocycles. The van der Waals surface area contributed by atoms with Crippen molar-refractivity contribution in [3.63, 3.8) is 0 Å². The van der Waals surface area contributed by atoms with Gasteiger partial charge in [0.15, 0.2) is 5.82 Å². The molecule has 0 aliphatic carbocycles. The molecule has 1 amide bonds. The first-order chi connectivity index (χ1) is 10.2. The van der Waals surface area contributed by atoms with E-state index in [1.807, 2.05) is 30.3 Å². The fourth-order valence-electron chi connectivity index (χ4n) is 1.82. The number of aromatic nitrogens is 2. The molecule has 6 nitrogen and oxygen atoms in total. The normalized spacial score (nSPS) is 12.1. The Labute approximate surface area is 123 Å². The summed E-state index contributed by atoms with van der Waals surface area (Å²) in [5, 5.41) is 9.64. The lowest BCUT2D eigenvalue weighted by Crippen LogP contribution is -2.41. The summed E-state index contributed by atoms with van der Waals surface area (Å²) in [6.45, 7) is 2.29. The van der Waals surface area contributed by atoms with E-state index in [0.717, 1.165) is 5.56 Å². The number of hydrogen-bond acceptors (Lipinski definition) is 5. The second kappa shape index (κ2) is 7.54. The van der Waals surface area contributed by atoms with Crippen LogP contribution in [0.1, 0.15) is 24.2 Å². The Bertz CT molecular complexity index is 568. The molecule has 2 aromatic rings. The molecule has 6 heteroatoms. The van der Waals surface area contributed by atoms with Crippen molar-refractivity contribution in [2.45, 2.75) is 25.8 Å². The van der Waals surface area contributed by atoms with Gasteiger partial charge in [0.05, 0.1) is 6.04 Å². The third-order valence-electron chi connectivity index (χ3n) is 3.18. The first kappa shape index (κ1) is 15.2. The summed E-state index contributed by atoms with van der Waals surface area (Å²) in [4.78, 5) is 15.9. The van der Waals surface area contributed by atoms with Gasteiger partial charge in [-0.25, -0.2) is 0 Å². The maximum Gasteiger partial charge on any atom is 0.236 e. The van der Waals surface area contributed by atoms with Crippen molar-refractivity contribution >= 4 is 5.91 Å². The third-order valence-corrected chi connectivity index (χ3v) is 3.18. The average molecular weight is 288 g/mol. The van der Waals surface area contributed by atoms with Gasteiger partial charge in [-0.2, -0.15) is 4.98 Å². The average Bonchev–Trinajstić information content (AvgIpc) is 2.94. The number of carbonyl (C=O) groups excluding carboxylic acids is 1. The van der Waals surface area contributed by atoms with Crippen molar-refractivity contribution in [3.8, 4) is 0 Å². The Balaban J connectivity index is 1.79.